The van der Waals surface area contributed by atoms with E-state index in [2.05, 4.69) is 20.5 Å². The number of hydrogen-bond donors (Lipinski definition) is 2. The van der Waals surface area contributed by atoms with Crippen molar-refractivity contribution in [1.29, 1.82) is 0 Å². The molecular formula is C17H16N4O3S. The number of nitrogens with zero attached hydrogens (tertiary/aromatic N) is 2. The summed E-state index contributed by atoms with van der Waals surface area (Å²) in [6.45, 7) is 0.283. The van der Waals surface area contributed by atoms with E-state index in [1.54, 1.807) is 7.11 Å². The Balaban J connectivity index is 1.40. The molecule has 0 saturated heterocycles. The van der Waals surface area contributed by atoms with Gasteiger partial charge in [-0.2, -0.15) is 4.98 Å². The Morgan fingerprint density at radius 3 is 3.00 bits per heavy atom. The molecule has 0 fully saturated rings. The van der Waals surface area contributed by atoms with E-state index in [0.29, 0.717) is 11.1 Å². The highest BCUT2D eigenvalue weighted by Gasteiger charge is 2.14. The molecular weight excluding hydrogens is 340 g/mol. The first-order chi connectivity index (χ1) is 12.3. The Morgan fingerprint density at radius 2 is 2.08 bits per heavy atom. The van der Waals surface area contributed by atoms with Crippen LogP contribution in [-0.2, 0) is 5.75 Å². The van der Waals surface area contributed by atoms with Gasteiger partial charge in [-0.3, -0.25) is 0 Å². The Labute approximate surface area is 148 Å². The quantitative estimate of drug-likeness (QED) is 0.653. The van der Waals surface area contributed by atoms with Crippen LogP contribution >= 0.6 is 11.8 Å². The average molecular weight is 356 g/mol. The number of H-pyrrole nitrogens is 1. The molecule has 0 saturated carbocycles. The fraction of sp³-hybridized carbons (Fsp3) is 0.176. The first kappa shape index (κ1) is 15.6. The monoisotopic (exact) mass is 356 g/mol. The van der Waals surface area contributed by atoms with E-state index in [9.17, 15) is 0 Å². The summed E-state index contributed by atoms with van der Waals surface area (Å²) in [5.74, 6) is 3.62. The third-order valence-electron chi connectivity index (χ3n) is 3.63. The van der Waals surface area contributed by atoms with Gasteiger partial charge >= 0.3 is 0 Å². The van der Waals surface area contributed by atoms with Crippen molar-refractivity contribution in [2.24, 2.45) is 0 Å². The normalized spacial score (nSPS) is 12.2. The lowest BCUT2D eigenvalue weighted by atomic mass is 10.2. The van der Waals surface area contributed by atoms with Crippen molar-refractivity contribution in [2.45, 2.75) is 10.9 Å². The van der Waals surface area contributed by atoms with Crippen LogP contribution in [0.5, 0.6) is 17.2 Å². The molecule has 2 N–H and O–H groups in total. The summed E-state index contributed by atoms with van der Waals surface area (Å²) >= 11 is 1.54. The van der Waals surface area contributed by atoms with Gasteiger partial charge in [-0.25, -0.2) is 5.10 Å². The molecule has 3 aromatic rings. The maximum atomic E-state index is 5.39. The molecule has 0 atom stereocenters. The van der Waals surface area contributed by atoms with Crippen LogP contribution in [-0.4, -0.2) is 29.1 Å². The van der Waals surface area contributed by atoms with Crippen LogP contribution in [0.25, 0.3) is 0 Å². The lowest BCUT2D eigenvalue weighted by Gasteiger charge is -2.07. The maximum absolute atomic E-state index is 5.39. The number of hydrogen-bond acceptors (Lipinski definition) is 7. The second-order valence-corrected chi connectivity index (χ2v) is 6.21. The van der Waals surface area contributed by atoms with Gasteiger partial charge in [0.05, 0.1) is 12.8 Å². The number of methoxy groups -OCH3 is 1. The van der Waals surface area contributed by atoms with Gasteiger partial charge in [-0.15, -0.1) is 5.10 Å². The number of fused-ring (bicyclic) bond motifs is 1. The van der Waals surface area contributed by atoms with Crippen LogP contribution in [0.15, 0.2) is 47.6 Å². The zero-order chi connectivity index (χ0) is 17.1. The highest BCUT2D eigenvalue weighted by Crippen LogP contribution is 2.34. The van der Waals surface area contributed by atoms with Gasteiger partial charge < -0.3 is 19.5 Å². The minimum Gasteiger partial charge on any atom is -0.495 e. The van der Waals surface area contributed by atoms with Crippen molar-refractivity contribution in [3.8, 4) is 17.2 Å². The largest absolute Gasteiger partial charge is 0.495 e. The third kappa shape index (κ3) is 3.48. The topological polar surface area (TPSA) is 81.3 Å². The van der Waals surface area contributed by atoms with E-state index < -0.39 is 0 Å². The molecule has 1 aromatic heterocycles. The Kier molecular flexibility index (Phi) is 4.34. The van der Waals surface area contributed by atoms with Gasteiger partial charge in [0.15, 0.2) is 11.5 Å². The Hall–Kier alpha value is -2.87. The van der Waals surface area contributed by atoms with Crippen LogP contribution < -0.4 is 19.5 Å². The molecule has 8 heteroatoms. The van der Waals surface area contributed by atoms with Crippen molar-refractivity contribution < 1.29 is 14.2 Å². The summed E-state index contributed by atoms with van der Waals surface area (Å²) in [5, 5.41) is 10.9. The predicted molar refractivity (Wildman–Crippen MR) is 94.8 cm³/mol. The zero-order valence-electron chi connectivity index (χ0n) is 13.5. The van der Waals surface area contributed by atoms with Gasteiger partial charge in [-0.1, -0.05) is 30.0 Å². The van der Waals surface area contributed by atoms with Gasteiger partial charge in [0.2, 0.25) is 17.9 Å². The van der Waals surface area contributed by atoms with Crippen LogP contribution in [0, 0.1) is 0 Å². The predicted octanol–water partition coefficient (Wildman–Crippen LogP) is 3.58. The molecule has 0 bridgehead atoms. The van der Waals surface area contributed by atoms with Crippen LogP contribution in [0.2, 0.25) is 0 Å². The highest BCUT2D eigenvalue weighted by atomic mass is 32.2. The van der Waals surface area contributed by atoms with Crippen molar-refractivity contribution in [3.05, 3.63) is 48.0 Å². The highest BCUT2D eigenvalue weighted by molar-refractivity contribution is 7.98. The number of aromatic amines is 1. The van der Waals surface area contributed by atoms with Crippen molar-refractivity contribution in [2.75, 3.05) is 19.2 Å². The first-order valence-electron chi connectivity index (χ1n) is 7.65. The van der Waals surface area contributed by atoms with Crippen LogP contribution in [0.3, 0.4) is 0 Å². The Bertz CT molecular complexity index is 884. The van der Waals surface area contributed by atoms with E-state index in [4.69, 9.17) is 14.2 Å². The molecule has 0 radical (unpaired) electrons. The van der Waals surface area contributed by atoms with Gasteiger partial charge in [0, 0.05) is 5.75 Å². The molecule has 2 aromatic carbocycles. The molecule has 0 amide bonds. The summed E-state index contributed by atoms with van der Waals surface area (Å²) in [5.41, 5.74) is 1.95. The number of thioether (sulfide) groups is 1. The van der Waals surface area contributed by atoms with Gasteiger partial charge in [0.25, 0.3) is 0 Å². The lowest BCUT2D eigenvalue weighted by molar-refractivity contribution is 0.174. The lowest BCUT2D eigenvalue weighted by Crippen LogP contribution is -1.95. The maximum Gasteiger partial charge on any atom is 0.231 e. The summed E-state index contributed by atoms with van der Waals surface area (Å²) in [6, 6.07) is 13.6. The third-order valence-corrected chi connectivity index (χ3v) is 4.55. The van der Waals surface area contributed by atoms with E-state index in [-0.39, 0.29) is 6.79 Å². The minimum absolute atomic E-state index is 0.283. The van der Waals surface area contributed by atoms with Crippen molar-refractivity contribution in [1.82, 2.24) is 15.2 Å². The minimum atomic E-state index is 0.283. The van der Waals surface area contributed by atoms with Gasteiger partial charge in [0.1, 0.15) is 5.75 Å². The van der Waals surface area contributed by atoms with E-state index in [0.717, 1.165) is 34.3 Å². The molecule has 0 unspecified atom stereocenters. The van der Waals surface area contributed by atoms with E-state index in [1.807, 2.05) is 42.5 Å². The van der Waals surface area contributed by atoms with Crippen molar-refractivity contribution in [3.63, 3.8) is 0 Å². The summed E-state index contributed by atoms with van der Waals surface area (Å²) < 4.78 is 16.0. The molecule has 2 heterocycles. The van der Waals surface area contributed by atoms with E-state index in [1.165, 1.54) is 11.8 Å². The standard InChI is InChI=1S/C17H16N4O3S/c1-22-13-5-3-2-4-12(13)18-16-19-17(21-20-16)25-9-11-6-7-14-15(8-11)24-10-23-14/h2-8H,9-10H2,1H3,(H2,18,19,20,21). The molecule has 25 heavy (non-hydrogen) atoms. The number of aromatic nitrogens is 3. The second-order valence-electron chi connectivity index (χ2n) is 5.27. The Morgan fingerprint density at radius 1 is 1.20 bits per heavy atom. The fourth-order valence-electron chi connectivity index (χ4n) is 2.42. The molecule has 4 rings (SSSR count). The van der Waals surface area contributed by atoms with E-state index >= 15 is 0 Å². The molecule has 0 spiro atoms. The second kappa shape index (κ2) is 6.94. The fourth-order valence-corrected chi connectivity index (χ4v) is 3.16. The molecule has 7 nitrogen and oxygen atoms in total. The van der Waals surface area contributed by atoms with Gasteiger partial charge in [-0.05, 0) is 29.8 Å². The number of para-hydroxylation sites is 2. The summed E-state index contributed by atoms with van der Waals surface area (Å²) in [6.07, 6.45) is 0. The number of ether oxygens (including phenoxy) is 3. The first-order valence-corrected chi connectivity index (χ1v) is 8.64. The molecule has 1 aliphatic rings. The number of nitrogens with one attached hydrogen (secondary N) is 2. The zero-order valence-corrected chi connectivity index (χ0v) is 14.3. The SMILES string of the molecule is COc1ccccc1Nc1nc(SCc2ccc3c(c2)OCO3)n[nH]1. The number of benzene rings is 2. The summed E-state index contributed by atoms with van der Waals surface area (Å²) in [4.78, 5) is 4.44. The smallest absolute Gasteiger partial charge is 0.231 e. The molecule has 0 aliphatic carbocycles. The van der Waals surface area contributed by atoms with Crippen molar-refractivity contribution >= 4 is 23.4 Å². The number of rotatable bonds is 6. The molecule has 128 valence electrons. The number of anilines is 2. The molecule has 1 aliphatic heterocycles. The van der Waals surface area contributed by atoms with Crippen LogP contribution in [0.4, 0.5) is 11.6 Å². The van der Waals surface area contributed by atoms with Crippen LogP contribution in [0.1, 0.15) is 5.56 Å². The average Bonchev–Trinajstić information content (AvgIpc) is 3.29. The summed E-state index contributed by atoms with van der Waals surface area (Å²) in [7, 11) is 1.63.